The van der Waals surface area contributed by atoms with Gasteiger partial charge in [-0.2, -0.15) is 0 Å². The summed E-state index contributed by atoms with van der Waals surface area (Å²) in [6, 6.07) is 0. The van der Waals surface area contributed by atoms with Gasteiger partial charge in [-0.15, -0.1) is 0 Å². The van der Waals surface area contributed by atoms with E-state index in [1.807, 2.05) is 0 Å². The third-order valence-electron chi connectivity index (χ3n) is 2.24. The van der Waals surface area contributed by atoms with E-state index in [1.165, 1.54) is 5.57 Å². The number of aliphatic hydroxyl groups excluding tert-OH is 1. The fourth-order valence-corrected chi connectivity index (χ4v) is 1.33. The molecule has 2 nitrogen and oxygen atoms in total. The minimum atomic E-state index is -0.480. The first-order valence-electron chi connectivity index (χ1n) is 4.58. The van der Waals surface area contributed by atoms with Crippen LogP contribution in [0.2, 0.25) is 0 Å². The standard InChI is InChI=1S/C10H18O2/c1-7(2)5-4-6-8(3)9-10(11)12-9/h5,8-11H,4,6H2,1-3H3. The van der Waals surface area contributed by atoms with Crippen LogP contribution in [0.3, 0.4) is 0 Å². The Hall–Kier alpha value is -0.340. The Labute approximate surface area is 74.2 Å². The number of ether oxygens (including phenoxy) is 1. The summed E-state index contributed by atoms with van der Waals surface area (Å²) in [4.78, 5) is 0. The maximum absolute atomic E-state index is 8.97. The van der Waals surface area contributed by atoms with E-state index in [4.69, 9.17) is 9.84 Å². The quantitative estimate of drug-likeness (QED) is 0.517. The third-order valence-corrected chi connectivity index (χ3v) is 2.24. The molecule has 70 valence electrons. The van der Waals surface area contributed by atoms with Gasteiger partial charge in [-0.1, -0.05) is 18.6 Å². The van der Waals surface area contributed by atoms with Crippen molar-refractivity contribution in [3.63, 3.8) is 0 Å². The van der Waals surface area contributed by atoms with Gasteiger partial charge < -0.3 is 9.84 Å². The Kier molecular flexibility index (Phi) is 3.29. The molecule has 0 aliphatic carbocycles. The molecule has 0 saturated carbocycles. The van der Waals surface area contributed by atoms with E-state index in [2.05, 4.69) is 26.8 Å². The molecule has 3 unspecified atom stereocenters. The van der Waals surface area contributed by atoms with Crippen molar-refractivity contribution in [2.24, 2.45) is 5.92 Å². The van der Waals surface area contributed by atoms with Gasteiger partial charge in [0.2, 0.25) is 0 Å². The first kappa shape index (κ1) is 9.75. The Morgan fingerprint density at radius 1 is 1.58 bits per heavy atom. The van der Waals surface area contributed by atoms with Crippen molar-refractivity contribution in [2.45, 2.75) is 46.0 Å². The molecule has 1 N–H and O–H groups in total. The third kappa shape index (κ3) is 2.95. The van der Waals surface area contributed by atoms with E-state index in [-0.39, 0.29) is 6.10 Å². The lowest BCUT2D eigenvalue weighted by atomic mass is 10.0. The van der Waals surface area contributed by atoms with Gasteiger partial charge >= 0.3 is 0 Å². The van der Waals surface area contributed by atoms with Crippen LogP contribution in [-0.4, -0.2) is 17.5 Å². The van der Waals surface area contributed by atoms with Gasteiger partial charge in [-0.05, 0) is 32.6 Å². The zero-order chi connectivity index (χ0) is 9.14. The monoisotopic (exact) mass is 170 g/mol. The van der Waals surface area contributed by atoms with Gasteiger partial charge in [0.1, 0.15) is 6.10 Å². The van der Waals surface area contributed by atoms with Gasteiger partial charge in [-0.3, -0.25) is 0 Å². The molecule has 1 rings (SSSR count). The number of hydrogen-bond acceptors (Lipinski definition) is 2. The lowest BCUT2D eigenvalue weighted by Crippen LogP contribution is -2.05. The Balaban J connectivity index is 2.11. The molecule has 1 aliphatic rings. The van der Waals surface area contributed by atoms with E-state index in [1.54, 1.807) is 0 Å². The van der Waals surface area contributed by atoms with Crippen LogP contribution in [0.25, 0.3) is 0 Å². The molecule has 0 bridgehead atoms. The minimum absolute atomic E-state index is 0.107. The predicted molar refractivity (Wildman–Crippen MR) is 48.7 cm³/mol. The molecule has 0 aromatic carbocycles. The number of hydrogen-bond donors (Lipinski definition) is 1. The number of rotatable bonds is 4. The second-order valence-electron chi connectivity index (χ2n) is 3.83. The molecule has 0 spiro atoms. The highest BCUT2D eigenvalue weighted by Crippen LogP contribution is 2.29. The lowest BCUT2D eigenvalue weighted by molar-refractivity contribution is 0.155. The average molecular weight is 170 g/mol. The van der Waals surface area contributed by atoms with Crippen molar-refractivity contribution >= 4 is 0 Å². The summed E-state index contributed by atoms with van der Waals surface area (Å²) in [5, 5.41) is 8.97. The van der Waals surface area contributed by atoms with Crippen molar-refractivity contribution in [1.82, 2.24) is 0 Å². The molecule has 3 atom stereocenters. The fourth-order valence-electron chi connectivity index (χ4n) is 1.33. The summed E-state index contributed by atoms with van der Waals surface area (Å²) >= 11 is 0. The van der Waals surface area contributed by atoms with Crippen molar-refractivity contribution in [1.29, 1.82) is 0 Å². The van der Waals surface area contributed by atoms with Crippen molar-refractivity contribution in [3.8, 4) is 0 Å². The Morgan fingerprint density at radius 2 is 2.17 bits per heavy atom. The van der Waals surface area contributed by atoms with E-state index in [0.29, 0.717) is 5.92 Å². The topological polar surface area (TPSA) is 32.8 Å². The second kappa shape index (κ2) is 4.06. The van der Waals surface area contributed by atoms with Gasteiger partial charge in [0.05, 0.1) is 0 Å². The lowest BCUT2D eigenvalue weighted by Gasteiger charge is -2.04. The van der Waals surface area contributed by atoms with Gasteiger partial charge in [0, 0.05) is 0 Å². The smallest absolute Gasteiger partial charge is 0.182 e. The van der Waals surface area contributed by atoms with Gasteiger partial charge in [0.25, 0.3) is 0 Å². The number of aliphatic hydroxyl groups is 1. The van der Waals surface area contributed by atoms with Crippen LogP contribution in [-0.2, 0) is 4.74 Å². The summed E-state index contributed by atoms with van der Waals surface area (Å²) in [5.41, 5.74) is 1.36. The zero-order valence-corrected chi connectivity index (χ0v) is 8.08. The summed E-state index contributed by atoms with van der Waals surface area (Å²) in [7, 11) is 0. The molecule has 1 heterocycles. The normalized spacial score (nSPS) is 29.7. The molecule has 0 aromatic rings. The van der Waals surface area contributed by atoms with Crippen molar-refractivity contribution in [2.75, 3.05) is 0 Å². The molecule has 1 fully saturated rings. The van der Waals surface area contributed by atoms with Crippen LogP contribution in [0.5, 0.6) is 0 Å². The summed E-state index contributed by atoms with van der Waals surface area (Å²) in [5.74, 6) is 0.482. The van der Waals surface area contributed by atoms with E-state index < -0.39 is 6.29 Å². The van der Waals surface area contributed by atoms with Crippen LogP contribution in [0, 0.1) is 5.92 Å². The maximum Gasteiger partial charge on any atom is 0.182 e. The van der Waals surface area contributed by atoms with E-state index >= 15 is 0 Å². The van der Waals surface area contributed by atoms with Crippen LogP contribution >= 0.6 is 0 Å². The number of epoxide rings is 1. The van der Waals surface area contributed by atoms with Crippen LogP contribution in [0.4, 0.5) is 0 Å². The molecule has 0 radical (unpaired) electrons. The van der Waals surface area contributed by atoms with Crippen LogP contribution in [0.15, 0.2) is 11.6 Å². The summed E-state index contributed by atoms with van der Waals surface area (Å²) in [6.07, 6.45) is 4.05. The Bertz CT molecular complexity index is 171. The SMILES string of the molecule is CC(C)=CCCC(C)C1OC1O. The molecular weight excluding hydrogens is 152 g/mol. The molecule has 12 heavy (non-hydrogen) atoms. The van der Waals surface area contributed by atoms with E-state index in [9.17, 15) is 0 Å². The maximum atomic E-state index is 8.97. The summed E-state index contributed by atoms with van der Waals surface area (Å²) in [6.45, 7) is 6.33. The average Bonchev–Trinajstić information content (AvgIpc) is 2.66. The van der Waals surface area contributed by atoms with Crippen molar-refractivity contribution < 1.29 is 9.84 Å². The molecule has 0 amide bonds. The highest BCUT2D eigenvalue weighted by atomic mass is 16.7. The molecule has 2 heteroatoms. The first-order chi connectivity index (χ1) is 5.61. The van der Waals surface area contributed by atoms with Crippen LogP contribution < -0.4 is 0 Å². The second-order valence-corrected chi connectivity index (χ2v) is 3.83. The number of allylic oxidation sites excluding steroid dienone is 2. The molecule has 1 aliphatic heterocycles. The molecular formula is C10H18O2. The summed E-state index contributed by atoms with van der Waals surface area (Å²) < 4.78 is 4.97. The molecule has 1 saturated heterocycles. The highest BCUT2D eigenvalue weighted by molar-refractivity contribution is 4.93. The fraction of sp³-hybridized carbons (Fsp3) is 0.800. The molecule has 0 aromatic heterocycles. The first-order valence-corrected chi connectivity index (χ1v) is 4.58. The highest BCUT2D eigenvalue weighted by Gasteiger charge is 2.40. The Morgan fingerprint density at radius 3 is 2.58 bits per heavy atom. The van der Waals surface area contributed by atoms with Crippen molar-refractivity contribution in [3.05, 3.63) is 11.6 Å². The zero-order valence-electron chi connectivity index (χ0n) is 8.08. The predicted octanol–water partition coefficient (Wildman–Crippen LogP) is 2.09. The van der Waals surface area contributed by atoms with E-state index in [0.717, 1.165) is 12.8 Å². The van der Waals surface area contributed by atoms with Gasteiger partial charge in [-0.25, -0.2) is 0 Å². The van der Waals surface area contributed by atoms with Crippen LogP contribution in [0.1, 0.15) is 33.6 Å². The largest absolute Gasteiger partial charge is 0.366 e. The minimum Gasteiger partial charge on any atom is -0.366 e. The van der Waals surface area contributed by atoms with Gasteiger partial charge in [0.15, 0.2) is 6.29 Å².